The van der Waals surface area contributed by atoms with Gasteiger partial charge in [-0.05, 0) is 31.5 Å². The Labute approximate surface area is 170 Å². The monoisotopic (exact) mass is 450 g/mol. The van der Waals surface area contributed by atoms with E-state index in [-0.39, 0.29) is 40.9 Å². The maximum atomic E-state index is 12.6. The third kappa shape index (κ3) is 4.12. The number of ether oxygens (including phenoxy) is 4. The highest BCUT2D eigenvalue weighted by atomic mass is 79.9. The molecule has 0 radical (unpaired) electrons. The first-order chi connectivity index (χ1) is 13.2. The molecule has 1 aromatic carbocycles. The lowest BCUT2D eigenvalue weighted by molar-refractivity contribution is -0.139. The predicted octanol–water partition coefficient (Wildman–Crippen LogP) is 3.03. The molecule has 148 valence electrons. The Morgan fingerprint density at radius 1 is 1.36 bits per heavy atom. The zero-order chi connectivity index (χ0) is 21.0. The first-order valence-electron chi connectivity index (χ1n) is 8.26. The van der Waals surface area contributed by atoms with E-state index in [0.717, 1.165) is 0 Å². The van der Waals surface area contributed by atoms with Gasteiger partial charge in [0, 0.05) is 11.4 Å². The van der Waals surface area contributed by atoms with Crippen LogP contribution in [0.3, 0.4) is 0 Å². The van der Waals surface area contributed by atoms with Crippen molar-refractivity contribution in [3.05, 3.63) is 45.0 Å². The smallest absolute Gasteiger partial charge is 0.338 e. The zero-order valence-corrected chi connectivity index (χ0v) is 17.4. The lowest BCUT2D eigenvalue weighted by atomic mass is 9.83. The average Bonchev–Trinajstić information content (AvgIpc) is 2.61. The van der Waals surface area contributed by atoms with E-state index >= 15 is 0 Å². The van der Waals surface area contributed by atoms with Crippen LogP contribution < -0.4 is 15.2 Å². The van der Waals surface area contributed by atoms with Crippen molar-refractivity contribution < 1.29 is 28.5 Å². The number of nitriles is 1. The summed E-state index contributed by atoms with van der Waals surface area (Å²) in [5.74, 6) is -1.44. The van der Waals surface area contributed by atoms with Crippen LogP contribution in [0.5, 0.6) is 11.5 Å². The van der Waals surface area contributed by atoms with Crippen molar-refractivity contribution in [2.45, 2.75) is 26.7 Å². The lowest BCUT2D eigenvalue weighted by Gasteiger charge is -2.28. The van der Waals surface area contributed by atoms with Crippen LogP contribution in [0.25, 0.3) is 0 Å². The van der Waals surface area contributed by atoms with Crippen LogP contribution >= 0.6 is 15.9 Å². The molecule has 0 fully saturated rings. The Balaban J connectivity index is 2.72. The fraction of sp³-hybridized carbons (Fsp3) is 0.316. The predicted molar refractivity (Wildman–Crippen MR) is 102 cm³/mol. The minimum Gasteiger partial charge on any atom is -0.493 e. The molecule has 1 unspecified atom stereocenters. The quantitative estimate of drug-likeness (QED) is 0.536. The van der Waals surface area contributed by atoms with Gasteiger partial charge in [0.2, 0.25) is 5.88 Å². The maximum absolute atomic E-state index is 12.6. The average molecular weight is 451 g/mol. The van der Waals surface area contributed by atoms with Gasteiger partial charge in [0.05, 0.1) is 25.2 Å². The molecule has 1 aliphatic rings. The van der Waals surface area contributed by atoms with Gasteiger partial charge in [-0.3, -0.25) is 4.79 Å². The Morgan fingerprint density at radius 3 is 2.57 bits per heavy atom. The number of carbonyl (C=O) groups is 2. The van der Waals surface area contributed by atoms with Crippen LogP contribution in [0.2, 0.25) is 0 Å². The van der Waals surface area contributed by atoms with Crippen molar-refractivity contribution in [2.75, 3.05) is 13.7 Å². The molecule has 2 rings (SSSR count). The summed E-state index contributed by atoms with van der Waals surface area (Å²) in [4.78, 5) is 23.9. The number of nitrogens with two attached hydrogens (primary N) is 1. The number of allylic oxidation sites excluding steroid dienone is 2. The minimum absolute atomic E-state index is 0.0524. The van der Waals surface area contributed by atoms with Crippen molar-refractivity contribution in [3.8, 4) is 17.6 Å². The molecule has 1 aliphatic heterocycles. The second-order valence-corrected chi connectivity index (χ2v) is 6.59. The fourth-order valence-electron chi connectivity index (χ4n) is 2.83. The number of methoxy groups -OCH3 is 1. The van der Waals surface area contributed by atoms with Gasteiger partial charge in [0.15, 0.2) is 11.5 Å². The third-order valence-corrected chi connectivity index (χ3v) is 4.64. The summed E-state index contributed by atoms with van der Waals surface area (Å²) < 4.78 is 21.5. The third-order valence-electron chi connectivity index (χ3n) is 3.95. The molecule has 28 heavy (non-hydrogen) atoms. The van der Waals surface area contributed by atoms with E-state index in [0.29, 0.717) is 10.0 Å². The number of rotatable bonds is 5. The second-order valence-electron chi connectivity index (χ2n) is 5.73. The van der Waals surface area contributed by atoms with Gasteiger partial charge in [-0.1, -0.05) is 15.9 Å². The fourth-order valence-corrected chi connectivity index (χ4v) is 3.38. The number of nitrogens with zero attached hydrogens (tertiary/aromatic N) is 1. The van der Waals surface area contributed by atoms with Gasteiger partial charge in [0.25, 0.3) is 0 Å². The summed E-state index contributed by atoms with van der Waals surface area (Å²) in [5, 5.41) is 9.64. The minimum atomic E-state index is -0.854. The number of halogens is 1. The lowest BCUT2D eigenvalue weighted by Crippen LogP contribution is -2.25. The molecule has 0 saturated heterocycles. The van der Waals surface area contributed by atoms with Crippen molar-refractivity contribution in [3.63, 3.8) is 0 Å². The molecule has 0 spiro atoms. The molecule has 1 heterocycles. The van der Waals surface area contributed by atoms with E-state index < -0.39 is 17.9 Å². The molecular weight excluding hydrogens is 432 g/mol. The van der Waals surface area contributed by atoms with E-state index in [1.165, 1.54) is 20.1 Å². The highest BCUT2D eigenvalue weighted by Crippen LogP contribution is 2.45. The van der Waals surface area contributed by atoms with Gasteiger partial charge in [-0.2, -0.15) is 5.26 Å². The number of hydrogen-bond acceptors (Lipinski definition) is 8. The molecule has 1 aromatic rings. The molecule has 0 aliphatic carbocycles. The molecule has 2 N–H and O–H groups in total. The van der Waals surface area contributed by atoms with E-state index in [1.807, 2.05) is 6.07 Å². The summed E-state index contributed by atoms with van der Waals surface area (Å²) in [6.07, 6.45) is 0. The van der Waals surface area contributed by atoms with Crippen LogP contribution in [-0.4, -0.2) is 25.7 Å². The first-order valence-corrected chi connectivity index (χ1v) is 9.05. The highest BCUT2D eigenvalue weighted by Gasteiger charge is 2.38. The summed E-state index contributed by atoms with van der Waals surface area (Å²) in [7, 11) is 1.41. The topological polar surface area (TPSA) is 121 Å². The first kappa shape index (κ1) is 21.3. The van der Waals surface area contributed by atoms with E-state index in [2.05, 4.69) is 15.9 Å². The number of carbonyl (C=O) groups excluding carboxylic acids is 2. The van der Waals surface area contributed by atoms with Crippen LogP contribution in [0.1, 0.15) is 32.3 Å². The van der Waals surface area contributed by atoms with Crippen molar-refractivity contribution in [1.82, 2.24) is 0 Å². The second kappa shape index (κ2) is 8.80. The van der Waals surface area contributed by atoms with E-state index in [1.54, 1.807) is 19.9 Å². The van der Waals surface area contributed by atoms with Gasteiger partial charge in [-0.25, -0.2) is 4.79 Å². The SMILES string of the molecule is CCOC(=O)C1=C(C)OC(N)=C(C#N)C1c1cc(OC)c(OC(C)=O)cc1Br. The summed E-state index contributed by atoms with van der Waals surface area (Å²) in [5.41, 5.74) is 6.59. The van der Waals surface area contributed by atoms with Crippen LogP contribution in [0.4, 0.5) is 0 Å². The molecule has 0 saturated carbocycles. The largest absolute Gasteiger partial charge is 0.493 e. The van der Waals surface area contributed by atoms with Crippen LogP contribution in [-0.2, 0) is 19.1 Å². The molecule has 9 heteroatoms. The number of hydrogen-bond donors (Lipinski definition) is 1. The molecular formula is C19H19BrN2O6. The van der Waals surface area contributed by atoms with Gasteiger partial charge >= 0.3 is 11.9 Å². The van der Waals surface area contributed by atoms with Crippen molar-refractivity contribution >= 4 is 27.9 Å². The Kier molecular flexibility index (Phi) is 6.70. The highest BCUT2D eigenvalue weighted by molar-refractivity contribution is 9.10. The molecule has 0 aromatic heterocycles. The summed E-state index contributed by atoms with van der Waals surface area (Å²) >= 11 is 3.41. The van der Waals surface area contributed by atoms with Crippen LogP contribution in [0, 0.1) is 11.3 Å². The summed E-state index contributed by atoms with van der Waals surface area (Å²) in [6.45, 7) is 4.66. The Hall–Kier alpha value is -2.99. The zero-order valence-electron chi connectivity index (χ0n) is 15.8. The molecule has 0 bridgehead atoms. The van der Waals surface area contributed by atoms with Crippen molar-refractivity contribution in [1.29, 1.82) is 5.26 Å². The number of benzene rings is 1. The standard InChI is InChI=1S/C19H19BrN2O6/c1-5-26-19(24)16-9(2)27-18(22)12(8-21)17(16)11-6-14(25-4)15(7-13(11)20)28-10(3)23/h6-7,17H,5,22H2,1-4H3. The van der Waals surface area contributed by atoms with Gasteiger partial charge < -0.3 is 24.7 Å². The maximum Gasteiger partial charge on any atom is 0.338 e. The Morgan fingerprint density at radius 2 is 2.04 bits per heavy atom. The van der Waals surface area contributed by atoms with E-state index in [4.69, 9.17) is 24.7 Å². The van der Waals surface area contributed by atoms with E-state index in [9.17, 15) is 14.9 Å². The van der Waals surface area contributed by atoms with Crippen LogP contribution in [0.15, 0.2) is 39.4 Å². The molecule has 8 nitrogen and oxygen atoms in total. The summed E-state index contributed by atoms with van der Waals surface area (Å²) in [6, 6.07) is 5.09. The van der Waals surface area contributed by atoms with Gasteiger partial charge in [0.1, 0.15) is 17.4 Å². The number of esters is 2. The molecule has 1 atom stereocenters. The Bertz CT molecular complexity index is 929. The van der Waals surface area contributed by atoms with Gasteiger partial charge in [-0.15, -0.1) is 0 Å². The van der Waals surface area contributed by atoms with Crippen molar-refractivity contribution in [2.24, 2.45) is 5.73 Å². The molecule has 0 amide bonds. The normalized spacial score (nSPS) is 16.2.